The minimum atomic E-state index is -1.31. The van der Waals surface area contributed by atoms with Crippen molar-refractivity contribution in [1.29, 1.82) is 0 Å². The molecular formula is C15H10ClN2O3-. The number of hydrogen-bond donors (Lipinski definition) is 0. The van der Waals surface area contributed by atoms with E-state index in [1.54, 1.807) is 18.2 Å². The van der Waals surface area contributed by atoms with Gasteiger partial charge in [0, 0.05) is 10.6 Å². The van der Waals surface area contributed by atoms with Gasteiger partial charge in [-0.1, -0.05) is 41.9 Å². The number of carboxylic acid groups (broad SMARTS) is 1. The summed E-state index contributed by atoms with van der Waals surface area (Å²) in [7, 11) is 0. The lowest BCUT2D eigenvalue weighted by molar-refractivity contribution is -0.309. The summed E-state index contributed by atoms with van der Waals surface area (Å²) in [5.41, 5.74) is 2.07. The number of fused-ring (bicyclic) bond motifs is 1. The highest BCUT2D eigenvalue weighted by Crippen LogP contribution is 2.25. The zero-order chi connectivity index (χ0) is 14.8. The zero-order valence-electron chi connectivity index (χ0n) is 10.8. The van der Waals surface area contributed by atoms with Crippen LogP contribution in [0.25, 0.3) is 22.4 Å². The second-order valence-electron chi connectivity index (χ2n) is 4.37. The molecule has 3 rings (SSSR count). The van der Waals surface area contributed by atoms with Crippen molar-refractivity contribution in [2.24, 2.45) is 0 Å². The normalized spacial score (nSPS) is 10.7. The van der Waals surface area contributed by atoms with Crippen molar-refractivity contribution in [3.8, 4) is 11.4 Å². The molecule has 3 aromatic rings. The molecule has 0 saturated carbocycles. The Hall–Kier alpha value is -2.53. The number of aliphatic carboxylic acids is 1. The molecule has 0 saturated heterocycles. The molecular weight excluding hydrogens is 292 g/mol. The largest absolute Gasteiger partial charge is 0.546 e. The van der Waals surface area contributed by atoms with Gasteiger partial charge in [-0.2, -0.15) is 4.73 Å². The van der Waals surface area contributed by atoms with Gasteiger partial charge in [0.1, 0.15) is 5.52 Å². The molecule has 0 aliphatic heterocycles. The van der Waals surface area contributed by atoms with Gasteiger partial charge in [0.25, 0.3) is 0 Å². The Labute approximate surface area is 125 Å². The van der Waals surface area contributed by atoms with Crippen LogP contribution in [-0.2, 0) is 4.79 Å². The van der Waals surface area contributed by atoms with E-state index in [1.807, 2.05) is 30.3 Å². The number of hydrogen-bond acceptors (Lipinski definition) is 4. The molecule has 21 heavy (non-hydrogen) atoms. The van der Waals surface area contributed by atoms with E-state index in [4.69, 9.17) is 16.4 Å². The monoisotopic (exact) mass is 301 g/mol. The first kappa shape index (κ1) is 13.5. The smallest absolute Gasteiger partial charge is 0.176 e. The first-order valence-corrected chi connectivity index (χ1v) is 6.59. The van der Waals surface area contributed by atoms with Crippen molar-refractivity contribution in [2.45, 2.75) is 0 Å². The van der Waals surface area contributed by atoms with Crippen LogP contribution < -0.4 is 9.94 Å². The molecule has 106 valence electrons. The molecule has 0 atom stereocenters. The summed E-state index contributed by atoms with van der Waals surface area (Å²) in [5.74, 6) is -0.799. The number of carbonyl (C=O) groups excluding carboxylic acids is 1. The zero-order valence-corrected chi connectivity index (χ0v) is 11.6. The van der Waals surface area contributed by atoms with Crippen LogP contribution in [0.4, 0.5) is 0 Å². The van der Waals surface area contributed by atoms with E-state index < -0.39 is 12.6 Å². The van der Waals surface area contributed by atoms with Crippen LogP contribution in [0.1, 0.15) is 0 Å². The van der Waals surface area contributed by atoms with E-state index in [9.17, 15) is 9.90 Å². The molecule has 0 aliphatic carbocycles. The predicted octanol–water partition coefficient (Wildman–Crippen LogP) is 1.54. The maximum atomic E-state index is 10.6. The molecule has 0 unspecified atom stereocenters. The van der Waals surface area contributed by atoms with Crippen LogP contribution in [0, 0.1) is 0 Å². The molecule has 0 amide bonds. The average Bonchev–Trinajstić information content (AvgIpc) is 2.84. The van der Waals surface area contributed by atoms with Crippen molar-refractivity contribution < 1.29 is 14.7 Å². The summed E-state index contributed by atoms with van der Waals surface area (Å²) in [6.07, 6.45) is 0. The van der Waals surface area contributed by atoms with Gasteiger partial charge in [0.05, 0.1) is 11.5 Å². The summed E-state index contributed by atoms with van der Waals surface area (Å²) in [6, 6.07) is 14.5. The molecule has 1 aromatic heterocycles. The minimum Gasteiger partial charge on any atom is -0.546 e. The standard InChI is InChI=1S/C15H11ClN2O3/c16-11-6-7-12-13(8-11)18(21-9-14(19)20)15(17-12)10-4-2-1-3-5-10/h1-8H,9H2,(H,19,20)/p-1. The first-order valence-electron chi connectivity index (χ1n) is 6.22. The topological polar surface area (TPSA) is 67.2 Å². The fourth-order valence-electron chi connectivity index (χ4n) is 2.04. The molecule has 0 radical (unpaired) electrons. The van der Waals surface area contributed by atoms with Crippen molar-refractivity contribution in [3.05, 3.63) is 53.6 Å². The predicted molar refractivity (Wildman–Crippen MR) is 76.6 cm³/mol. The minimum absolute atomic E-state index is 0.508. The molecule has 5 nitrogen and oxygen atoms in total. The third-order valence-electron chi connectivity index (χ3n) is 2.92. The van der Waals surface area contributed by atoms with Crippen molar-refractivity contribution in [2.75, 3.05) is 6.61 Å². The Morgan fingerprint density at radius 1 is 1.24 bits per heavy atom. The molecule has 0 fully saturated rings. The average molecular weight is 302 g/mol. The number of carbonyl (C=O) groups is 1. The maximum Gasteiger partial charge on any atom is 0.176 e. The van der Waals surface area contributed by atoms with Crippen LogP contribution >= 0.6 is 11.6 Å². The molecule has 0 aliphatic rings. The van der Waals surface area contributed by atoms with Gasteiger partial charge in [0.15, 0.2) is 12.4 Å². The molecule has 1 heterocycles. The van der Waals surface area contributed by atoms with Crippen LogP contribution in [0.5, 0.6) is 0 Å². The van der Waals surface area contributed by atoms with Crippen LogP contribution in [0.2, 0.25) is 5.02 Å². The Kier molecular flexibility index (Phi) is 3.50. The number of rotatable bonds is 4. The summed E-state index contributed by atoms with van der Waals surface area (Å²) in [4.78, 5) is 20.4. The second-order valence-corrected chi connectivity index (χ2v) is 4.81. The molecule has 0 spiro atoms. The molecule has 6 heteroatoms. The molecule has 0 bridgehead atoms. The Balaban J connectivity index is 2.18. The highest BCUT2D eigenvalue weighted by atomic mass is 35.5. The van der Waals surface area contributed by atoms with E-state index in [0.29, 0.717) is 21.9 Å². The number of nitrogens with zero attached hydrogens (tertiary/aromatic N) is 2. The lowest BCUT2D eigenvalue weighted by Crippen LogP contribution is -2.32. The fourth-order valence-corrected chi connectivity index (χ4v) is 2.21. The van der Waals surface area contributed by atoms with Crippen molar-refractivity contribution in [3.63, 3.8) is 0 Å². The number of halogens is 1. The van der Waals surface area contributed by atoms with E-state index in [2.05, 4.69) is 4.98 Å². The molecule has 2 aromatic carbocycles. The maximum absolute atomic E-state index is 10.6. The lowest BCUT2D eigenvalue weighted by Gasteiger charge is -2.11. The van der Waals surface area contributed by atoms with Gasteiger partial charge in [-0.15, -0.1) is 0 Å². The Morgan fingerprint density at radius 3 is 2.71 bits per heavy atom. The fraction of sp³-hybridized carbons (Fsp3) is 0.0667. The van der Waals surface area contributed by atoms with Crippen molar-refractivity contribution in [1.82, 2.24) is 9.71 Å². The Bertz CT molecular complexity index is 799. The highest BCUT2D eigenvalue weighted by molar-refractivity contribution is 6.31. The molecule has 0 N–H and O–H groups in total. The van der Waals surface area contributed by atoms with Crippen molar-refractivity contribution >= 4 is 28.6 Å². The van der Waals surface area contributed by atoms with Crippen LogP contribution in [0.15, 0.2) is 48.5 Å². The number of aromatic nitrogens is 2. The summed E-state index contributed by atoms with van der Waals surface area (Å²) in [5, 5.41) is 11.2. The van der Waals surface area contributed by atoms with E-state index in [0.717, 1.165) is 5.56 Å². The van der Waals surface area contributed by atoms with Crippen LogP contribution in [-0.4, -0.2) is 22.3 Å². The van der Waals surface area contributed by atoms with Gasteiger partial charge in [-0.25, -0.2) is 4.98 Å². The van der Waals surface area contributed by atoms with Gasteiger partial charge >= 0.3 is 0 Å². The second kappa shape index (κ2) is 5.46. The van der Waals surface area contributed by atoms with E-state index >= 15 is 0 Å². The summed E-state index contributed by atoms with van der Waals surface area (Å²) in [6.45, 7) is -0.572. The van der Waals surface area contributed by atoms with E-state index in [-0.39, 0.29) is 0 Å². The highest BCUT2D eigenvalue weighted by Gasteiger charge is 2.14. The summed E-state index contributed by atoms with van der Waals surface area (Å²) >= 11 is 5.98. The third kappa shape index (κ3) is 2.68. The van der Waals surface area contributed by atoms with E-state index in [1.165, 1.54) is 4.73 Å². The lowest BCUT2D eigenvalue weighted by atomic mass is 10.2. The quantitative estimate of drug-likeness (QED) is 0.733. The Morgan fingerprint density at radius 2 is 2.00 bits per heavy atom. The third-order valence-corrected chi connectivity index (χ3v) is 3.15. The van der Waals surface area contributed by atoms with Gasteiger partial charge < -0.3 is 14.7 Å². The van der Waals surface area contributed by atoms with Gasteiger partial charge in [0.2, 0.25) is 0 Å². The number of carboxylic acids is 1. The van der Waals surface area contributed by atoms with Gasteiger partial charge in [-0.05, 0) is 18.2 Å². The first-order chi connectivity index (χ1) is 10.1. The van der Waals surface area contributed by atoms with Gasteiger partial charge in [-0.3, -0.25) is 0 Å². The number of imidazole rings is 1. The number of benzene rings is 2. The SMILES string of the molecule is O=C([O-])COn1c(-c2ccccc2)nc2ccc(Cl)cc21. The summed E-state index contributed by atoms with van der Waals surface area (Å²) < 4.78 is 1.37. The van der Waals surface area contributed by atoms with Crippen LogP contribution in [0.3, 0.4) is 0 Å².